The second-order valence-electron chi connectivity index (χ2n) is 7.57. The maximum Gasteiger partial charge on any atom is 2.00 e. The summed E-state index contributed by atoms with van der Waals surface area (Å²) in [6.07, 6.45) is 0. The van der Waals surface area contributed by atoms with E-state index in [0.717, 1.165) is 44.5 Å². The van der Waals surface area contributed by atoms with Gasteiger partial charge in [-0.1, -0.05) is 0 Å². The molecule has 0 saturated carbocycles. The van der Waals surface area contributed by atoms with Crippen LogP contribution >= 0.6 is 0 Å². The number of carbonyl (C=O) groups excluding carboxylic acids is 2. The Morgan fingerprint density at radius 1 is 0.414 bits per heavy atom. The molecule has 0 bridgehead atoms. The van der Waals surface area contributed by atoms with Gasteiger partial charge in [0.25, 0.3) is 0 Å². The predicted molar refractivity (Wildman–Crippen MR) is 109 cm³/mol. The molecule has 0 aromatic heterocycles. The van der Waals surface area contributed by atoms with Gasteiger partial charge < -0.3 is 19.8 Å². The number of hydrogen-bond donors (Lipinski definition) is 0. The fourth-order valence-electron chi connectivity index (χ4n) is 3.61. The summed E-state index contributed by atoms with van der Waals surface area (Å²) in [6, 6.07) is 0. The molecular formula is C24H30O4Zn. The Labute approximate surface area is 187 Å². The topological polar surface area (TPSA) is 80.3 Å². The third kappa shape index (κ3) is 5.14. The third-order valence-corrected chi connectivity index (χ3v) is 6.41. The van der Waals surface area contributed by atoms with Crippen LogP contribution in [0.1, 0.15) is 76.4 Å². The molecule has 0 heterocycles. The molecule has 0 aliphatic carbocycles. The van der Waals surface area contributed by atoms with Gasteiger partial charge in [0.05, 0.1) is 11.9 Å². The van der Waals surface area contributed by atoms with Gasteiger partial charge in [-0.3, -0.25) is 0 Å². The van der Waals surface area contributed by atoms with Crippen molar-refractivity contribution in [2.24, 2.45) is 0 Å². The summed E-state index contributed by atoms with van der Waals surface area (Å²) in [5, 5.41) is 21.9. The van der Waals surface area contributed by atoms with E-state index in [4.69, 9.17) is 0 Å². The number of benzene rings is 2. The molecule has 0 fully saturated rings. The Morgan fingerprint density at radius 3 is 0.690 bits per heavy atom. The normalized spacial score (nSPS) is 10.0. The van der Waals surface area contributed by atoms with Crippen LogP contribution in [0.15, 0.2) is 0 Å². The number of carbonyl (C=O) groups is 2. The van der Waals surface area contributed by atoms with Gasteiger partial charge in [-0.05, 0) is 125 Å². The molecule has 5 heteroatoms. The van der Waals surface area contributed by atoms with Crippen LogP contribution in [0, 0.1) is 69.2 Å². The minimum Gasteiger partial charge on any atom is -0.545 e. The Balaban J connectivity index is 0.000000523. The van der Waals surface area contributed by atoms with Crippen LogP contribution in [0.4, 0.5) is 0 Å². The SMILES string of the molecule is Cc1c(C)c(C)c(C(=O)[O-])c(C)c1C.Cc1c(C)c(C)c(C(=O)[O-])c(C)c1C.[Zn+2]. The largest absolute Gasteiger partial charge is 2.00 e. The zero-order chi connectivity index (χ0) is 22.1. The van der Waals surface area contributed by atoms with Crippen molar-refractivity contribution in [3.05, 3.63) is 66.8 Å². The van der Waals surface area contributed by atoms with Crippen molar-refractivity contribution in [1.82, 2.24) is 0 Å². The van der Waals surface area contributed by atoms with E-state index < -0.39 is 11.9 Å². The molecule has 0 atom stereocenters. The first-order valence-corrected chi connectivity index (χ1v) is 9.32. The van der Waals surface area contributed by atoms with Crippen molar-refractivity contribution < 1.29 is 39.3 Å². The molecule has 0 unspecified atom stereocenters. The fourth-order valence-corrected chi connectivity index (χ4v) is 3.61. The van der Waals surface area contributed by atoms with Crippen LogP contribution < -0.4 is 10.2 Å². The molecule has 0 radical (unpaired) electrons. The summed E-state index contributed by atoms with van der Waals surface area (Å²) in [7, 11) is 0. The summed E-state index contributed by atoms with van der Waals surface area (Å²) >= 11 is 0. The van der Waals surface area contributed by atoms with Crippen molar-refractivity contribution >= 4 is 11.9 Å². The first-order valence-electron chi connectivity index (χ1n) is 9.32. The maximum absolute atomic E-state index is 10.9. The second kappa shape index (κ2) is 10.2. The van der Waals surface area contributed by atoms with Gasteiger partial charge in [0.15, 0.2) is 0 Å². The molecule has 0 aliphatic rings. The monoisotopic (exact) mass is 446 g/mol. The molecule has 29 heavy (non-hydrogen) atoms. The van der Waals surface area contributed by atoms with E-state index in [9.17, 15) is 19.8 Å². The van der Waals surface area contributed by atoms with Crippen LogP contribution in [0.5, 0.6) is 0 Å². The minimum atomic E-state index is -1.08. The van der Waals surface area contributed by atoms with Crippen LogP contribution in [0.3, 0.4) is 0 Å². The van der Waals surface area contributed by atoms with Gasteiger partial charge in [0, 0.05) is 11.1 Å². The zero-order valence-electron chi connectivity index (χ0n) is 19.3. The Morgan fingerprint density at radius 2 is 0.552 bits per heavy atom. The smallest absolute Gasteiger partial charge is 0.545 e. The summed E-state index contributed by atoms with van der Waals surface area (Å²) < 4.78 is 0. The quantitative estimate of drug-likeness (QED) is 0.662. The number of hydrogen-bond acceptors (Lipinski definition) is 4. The van der Waals surface area contributed by atoms with E-state index >= 15 is 0 Å². The molecule has 4 nitrogen and oxygen atoms in total. The molecule has 2 aromatic rings. The maximum atomic E-state index is 10.9. The molecule has 0 aliphatic heterocycles. The summed E-state index contributed by atoms with van der Waals surface area (Å²) in [6.45, 7) is 19.2. The van der Waals surface area contributed by atoms with Crippen LogP contribution in [-0.4, -0.2) is 11.9 Å². The van der Waals surface area contributed by atoms with Gasteiger partial charge in [-0.15, -0.1) is 0 Å². The van der Waals surface area contributed by atoms with Gasteiger partial charge in [0.2, 0.25) is 0 Å². The predicted octanol–water partition coefficient (Wildman–Crippen LogP) is 3.18. The van der Waals surface area contributed by atoms with Crippen molar-refractivity contribution in [1.29, 1.82) is 0 Å². The molecular weight excluding hydrogens is 418 g/mol. The molecule has 0 spiro atoms. The number of carboxylic acid groups (broad SMARTS) is 2. The zero-order valence-corrected chi connectivity index (χ0v) is 22.3. The van der Waals surface area contributed by atoms with Crippen LogP contribution in [-0.2, 0) is 19.5 Å². The Hall–Kier alpha value is -2.00. The van der Waals surface area contributed by atoms with E-state index in [2.05, 4.69) is 0 Å². The first kappa shape index (κ1) is 27.0. The van der Waals surface area contributed by atoms with Gasteiger partial charge in [0.1, 0.15) is 0 Å². The number of carboxylic acids is 2. The summed E-state index contributed by atoms with van der Waals surface area (Å²) in [5.74, 6) is -2.16. The van der Waals surface area contributed by atoms with Gasteiger partial charge >= 0.3 is 19.5 Å². The molecule has 2 rings (SSSR count). The second-order valence-corrected chi connectivity index (χ2v) is 7.57. The first-order chi connectivity index (χ1) is 12.7. The summed E-state index contributed by atoms with van der Waals surface area (Å²) in [5.41, 5.74) is 10.5. The van der Waals surface area contributed by atoms with Gasteiger partial charge in [-0.25, -0.2) is 0 Å². The number of aromatic carboxylic acids is 2. The molecule has 2 aromatic carbocycles. The van der Waals surface area contributed by atoms with Crippen molar-refractivity contribution in [2.45, 2.75) is 69.2 Å². The standard InChI is InChI=1S/2C12H16O2.Zn/c2*1-6-7(2)9(4)11(12(13)14)10(5)8(6)3;/h2*1-5H3,(H,13,14);/q;;+2/p-2. The van der Waals surface area contributed by atoms with E-state index in [1.54, 1.807) is 0 Å². The van der Waals surface area contributed by atoms with Crippen molar-refractivity contribution in [2.75, 3.05) is 0 Å². The third-order valence-electron chi connectivity index (χ3n) is 6.41. The Bertz CT molecular complexity index is 834. The average molecular weight is 448 g/mol. The number of rotatable bonds is 2. The van der Waals surface area contributed by atoms with Crippen molar-refractivity contribution in [3.63, 3.8) is 0 Å². The summed E-state index contributed by atoms with van der Waals surface area (Å²) in [4.78, 5) is 21.9. The average Bonchev–Trinajstić information content (AvgIpc) is 2.61. The molecule has 0 N–H and O–H groups in total. The van der Waals surface area contributed by atoms with Crippen LogP contribution in [0.25, 0.3) is 0 Å². The molecule has 0 saturated heterocycles. The van der Waals surface area contributed by atoms with Crippen LogP contribution in [0.2, 0.25) is 0 Å². The molecule has 152 valence electrons. The van der Waals surface area contributed by atoms with E-state index in [0.29, 0.717) is 11.1 Å². The van der Waals surface area contributed by atoms with E-state index in [-0.39, 0.29) is 19.5 Å². The fraction of sp³-hybridized carbons (Fsp3) is 0.417. The van der Waals surface area contributed by atoms with Crippen molar-refractivity contribution in [3.8, 4) is 0 Å². The van der Waals surface area contributed by atoms with Gasteiger partial charge in [-0.2, -0.15) is 0 Å². The minimum absolute atomic E-state index is 0. The van der Waals surface area contributed by atoms with E-state index in [1.165, 1.54) is 11.1 Å². The Kier molecular flexibility index (Phi) is 9.46. The molecule has 0 amide bonds. The van der Waals surface area contributed by atoms with E-state index in [1.807, 2.05) is 69.2 Å².